The van der Waals surface area contributed by atoms with Crippen molar-refractivity contribution < 1.29 is 14.6 Å². The highest BCUT2D eigenvalue weighted by Crippen LogP contribution is 2.23. The van der Waals surface area contributed by atoms with Crippen LogP contribution in [0.15, 0.2) is 17.3 Å². The summed E-state index contributed by atoms with van der Waals surface area (Å²) in [7, 11) is 1.66. The van der Waals surface area contributed by atoms with Crippen LogP contribution in [0.3, 0.4) is 0 Å². The van der Waals surface area contributed by atoms with Gasteiger partial charge >= 0.3 is 5.97 Å². The number of nitrogens with zero attached hydrogens (tertiary/aromatic N) is 3. The van der Waals surface area contributed by atoms with Gasteiger partial charge in [0.05, 0.1) is 5.75 Å². The third kappa shape index (κ3) is 3.49. The van der Waals surface area contributed by atoms with E-state index in [0.29, 0.717) is 18.3 Å². The topological polar surface area (TPSA) is 77.2 Å². The van der Waals surface area contributed by atoms with Gasteiger partial charge in [-0.2, -0.15) is 0 Å². The Morgan fingerprint density at radius 3 is 2.95 bits per heavy atom. The number of aliphatic carboxylic acids is 1. The smallest absolute Gasteiger partial charge is 0.313 e. The molecule has 0 fully saturated rings. The van der Waals surface area contributed by atoms with Crippen LogP contribution in [0.25, 0.3) is 11.2 Å². The Hall–Kier alpha value is -1.60. The number of methoxy groups -OCH3 is 1. The van der Waals surface area contributed by atoms with Gasteiger partial charge in [-0.05, 0) is 25.5 Å². The van der Waals surface area contributed by atoms with Crippen LogP contribution < -0.4 is 0 Å². The summed E-state index contributed by atoms with van der Waals surface area (Å²) in [5, 5.41) is 9.50. The summed E-state index contributed by atoms with van der Waals surface area (Å²) in [4.78, 5) is 19.7. The SMILES string of the molecule is COCCCn1c(SCC(=O)O)nc2ccc(C)nc21. The van der Waals surface area contributed by atoms with E-state index in [1.807, 2.05) is 23.6 Å². The van der Waals surface area contributed by atoms with Gasteiger partial charge in [0.1, 0.15) is 5.52 Å². The summed E-state index contributed by atoms with van der Waals surface area (Å²) in [6.07, 6.45) is 0.832. The maximum atomic E-state index is 10.7. The van der Waals surface area contributed by atoms with E-state index in [-0.39, 0.29) is 5.75 Å². The molecule has 2 aromatic heterocycles. The lowest BCUT2D eigenvalue weighted by atomic mass is 10.3. The summed E-state index contributed by atoms with van der Waals surface area (Å²) < 4.78 is 7.03. The molecule has 0 saturated carbocycles. The third-order valence-corrected chi connectivity index (χ3v) is 3.71. The number of thioether (sulfide) groups is 1. The number of hydrogen-bond donors (Lipinski definition) is 1. The van der Waals surface area contributed by atoms with Gasteiger partial charge < -0.3 is 14.4 Å². The molecule has 1 N–H and O–H groups in total. The molecule has 2 aromatic rings. The van der Waals surface area contributed by atoms with Gasteiger partial charge in [0.2, 0.25) is 0 Å². The average molecular weight is 295 g/mol. The number of imidazole rings is 1. The minimum absolute atomic E-state index is 0.00736. The lowest BCUT2D eigenvalue weighted by Gasteiger charge is -2.07. The largest absolute Gasteiger partial charge is 0.481 e. The average Bonchev–Trinajstić information content (AvgIpc) is 2.74. The summed E-state index contributed by atoms with van der Waals surface area (Å²) >= 11 is 1.22. The fourth-order valence-electron chi connectivity index (χ4n) is 1.88. The standard InChI is InChI=1S/C13H17N3O3S/c1-9-4-5-10-12(14-9)16(6-3-7-19-2)13(15-10)20-8-11(17)18/h4-5H,3,6-8H2,1-2H3,(H,17,18). The van der Waals surface area contributed by atoms with Crippen molar-refractivity contribution >= 4 is 28.9 Å². The highest BCUT2D eigenvalue weighted by Gasteiger charge is 2.13. The minimum Gasteiger partial charge on any atom is -0.481 e. The first-order valence-corrected chi connectivity index (χ1v) is 7.28. The van der Waals surface area contributed by atoms with E-state index in [9.17, 15) is 4.79 Å². The summed E-state index contributed by atoms with van der Waals surface area (Å²) in [5.74, 6) is -0.860. The van der Waals surface area contributed by atoms with E-state index in [4.69, 9.17) is 9.84 Å². The number of ether oxygens (including phenoxy) is 1. The van der Waals surface area contributed by atoms with E-state index in [0.717, 1.165) is 23.3 Å². The Morgan fingerprint density at radius 1 is 1.45 bits per heavy atom. The number of fused-ring (bicyclic) bond motifs is 1. The first-order chi connectivity index (χ1) is 9.61. The third-order valence-electron chi connectivity index (χ3n) is 2.75. The number of aromatic nitrogens is 3. The minimum atomic E-state index is -0.852. The predicted molar refractivity (Wildman–Crippen MR) is 77.1 cm³/mol. The van der Waals surface area contributed by atoms with E-state index < -0.39 is 5.97 Å². The van der Waals surface area contributed by atoms with Crippen molar-refractivity contribution in [3.05, 3.63) is 17.8 Å². The molecule has 0 unspecified atom stereocenters. The van der Waals surface area contributed by atoms with Crippen molar-refractivity contribution in [2.75, 3.05) is 19.5 Å². The fourth-order valence-corrected chi connectivity index (χ4v) is 2.63. The first-order valence-electron chi connectivity index (χ1n) is 6.29. The van der Waals surface area contributed by atoms with Crippen LogP contribution in [0.1, 0.15) is 12.1 Å². The molecule has 20 heavy (non-hydrogen) atoms. The molecule has 0 amide bonds. The lowest BCUT2D eigenvalue weighted by molar-refractivity contribution is -0.133. The number of hydrogen-bond acceptors (Lipinski definition) is 5. The van der Waals surface area contributed by atoms with Crippen LogP contribution in [0, 0.1) is 6.92 Å². The van der Waals surface area contributed by atoms with Crippen molar-refractivity contribution in [2.24, 2.45) is 0 Å². The molecule has 0 radical (unpaired) electrons. The summed E-state index contributed by atoms with van der Waals surface area (Å²) in [6.45, 7) is 3.28. The molecule has 0 spiro atoms. The van der Waals surface area contributed by atoms with Crippen LogP contribution >= 0.6 is 11.8 Å². The summed E-state index contributed by atoms with van der Waals surface area (Å²) in [6, 6.07) is 3.82. The number of carboxylic acids is 1. The Bertz CT molecular complexity index is 612. The molecular formula is C13H17N3O3S. The van der Waals surface area contributed by atoms with Crippen LogP contribution in [0.5, 0.6) is 0 Å². The Kier molecular flexibility index (Phi) is 4.97. The van der Waals surface area contributed by atoms with E-state index in [1.54, 1.807) is 7.11 Å². The summed E-state index contributed by atoms with van der Waals surface area (Å²) in [5.41, 5.74) is 2.51. The van der Waals surface area contributed by atoms with Crippen molar-refractivity contribution in [2.45, 2.75) is 25.0 Å². The predicted octanol–water partition coefficient (Wildman–Crippen LogP) is 1.95. The van der Waals surface area contributed by atoms with Gasteiger partial charge in [-0.15, -0.1) is 0 Å². The monoisotopic (exact) mass is 295 g/mol. The van der Waals surface area contributed by atoms with E-state index in [1.165, 1.54) is 11.8 Å². The quantitative estimate of drug-likeness (QED) is 0.621. The van der Waals surface area contributed by atoms with Crippen LogP contribution in [0.4, 0.5) is 0 Å². The number of pyridine rings is 1. The number of carboxylic acid groups (broad SMARTS) is 1. The first kappa shape index (κ1) is 14.8. The molecular weight excluding hydrogens is 278 g/mol. The zero-order valence-electron chi connectivity index (χ0n) is 11.5. The molecule has 0 aliphatic rings. The molecule has 0 bridgehead atoms. The maximum absolute atomic E-state index is 10.7. The molecule has 0 saturated heterocycles. The maximum Gasteiger partial charge on any atom is 0.313 e. The molecule has 2 rings (SSSR count). The van der Waals surface area contributed by atoms with Crippen molar-refractivity contribution in [1.29, 1.82) is 0 Å². The molecule has 2 heterocycles. The van der Waals surface area contributed by atoms with Crippen molar-refractivity contribution in [1.82, 2.24) is 14.5 Å². The van der Waals surface area contributed by atoms with Crippen molar-refractivity contribution in [3.63, 3.8) is 0 Å². The van der Waals surface area contributed by atoms with E-state index in [2.05, 4.69) is 9.97 Å². The number of rotatable bonds is 7. The molecule has 0 atom stereocenters. The molecule has 0 aliphatic carbocycles. The van der Waals surface area contributed by atoms with Crippen LogP contribution in [-0.4, -0.2) is 45.1 Å². The zero-order valence-corrected chi connectivity index (χ0v) is 12.3. The van der Waals surface area contributed by atoms with Gasteiger partial charge in [0.15, 0.2) is 10.8 Å². The highest BCUT2D eigenvalue weighted by molar-refractivity contribution is 7.99. The van der Waals surface area contributed by atoms with Crippen LogP contribution in [0.2, 0.25) is 0 Å². The van der Waals surface area contributed by atoms with Gasteiger partial charge in [0.25, 0.3) is 0 Å². The Morgan fingerprint density at radius 2 is 2.25 bits per heavy atom. The molecule has 108 valence electrons. The Balaban J connectivity index is 2.32. The zero-order chi connectivity index (χ0) is 14.5. The fraction of sp³-hybridized carbons (Fsp3) is 0.462. The number of aryl methyl sites for hydroxylation is 2. The van der Waals surface area contributed by atoms with E-state index >= 15 is 0 Å². The Labute approximate surface area is 121 Å². The second-order valence-electron chi connectivity index (χ2n) is 4.37. The molecule has 6 nitrogen and oxygen atoms in total. The number of carbonyl (C=O) groups is 1. The molecule has 7 heteroatoms. The van der Waals surface area contributed by atoms with Crippen molar-refractivity contribution in [3.8, 4) is 0 Å². The van der Waals surface area contributed by atoms with Gasteiger partial charge in [-0.1, -0.05) is 11.8 Å². The lowest BCUT2D eigenvalue weighted by Crippen LogP contribution is -2.06. The van der Waals surface area contributed by atoms with Crippen LogP contribution in [-0.2, 0) is 16.1 Å². The normalized spacial score (nSPS) is 11.1. The molecule has 0 aliphatic heterocycles. The van der Waals surface area contributed by atoms with Gasteiger partial charge in [-0.25, -0.2) is 9.97 Å². The molecule has 0 aromatic carbocycles. The highest BCUT2D eigenvalue weighted by atomic mass is 32.2. The second kappa shape index (κ2) is 6.71. The van der Waals surface area contributed by atoms with Gasteiger partial charge in [0, 0.05) is 26.0 Å². The van der Waals surface area contributed by atoms with Gasteiger partial charge in [-0.3, -0.25) is 4.79 Å². The second-order valence-corrected chi connectivity index (χ2v) is 5.31.